The van der Waals surface area contributed by atoms with Crippen LogP contribution < -0.4 is 10.2 Å². The minimum Gasteiger partial charge on any atom is -0.461 e. The third kappa shape index (κ3) is 4.69. The molecule has 2 heterocycles. The first-order chi connectivity index (χ1) is 15.0. The van der Waals surface area contributed by atoms with E-state index in [0.717, 1.165) is 26.2 Å². The van der Waals surface area contributed by atoms with Gasteiger partial charge < -0.3 is 19.9 Å². The highest BCUT2D eigenvalue weighted by atomic mass is 19.1. The maximum atomic E-state index is 13.8. The zero-order valence-electron chi connectivity index (χ0n) is 17.4. The number of benzene rings is 2. The number of para-hydroxylation sites is 1. The first-order valence-electron chi connectivity index (χ1n) is 10.4. The molecule has 8 heteroatoms. The van der Waals surface area contributed by atoms with Crippen molar-refractivity contribution in [2.24, 2.45) is 0 Å². The van der Waals surface area contributed by atoms with Crippen LogP contribution in [-0.2, 0) is 9.53 Å². The molecule has 7 nitrogen and oxygen atoms in total. The van der Waals surface area contributed by atoms with Crippen molar-refractivity contribution in [3.05, 3.63) is 60.0 Å². The predicted octanol–water partition coefficient (Wildman–Crippen LogP) is 3.24. The summed E-state index contributed by atoms with van der Waals surface area (Å²) >= 11 is 0. The Morgan fingerprint density at radius 3 is 2.55 bits per heavy atom. The minimum absolute atomic E-state index is 0.115. The average Bonchev–Trinajstić information content (AvgIpc) is 3.12. The van der Waals surface area contributed by atoms with Gasteiger partial charge in [-0.1, -0.05) is 18.2 Å². The molecule has 1 aliphatic rings. The number of esters is 1. The highest BCUT2D eigenvalue weighted by Gasteiger charge is 2.23. The molecule has 2 N–H and O–H groups in total. The Morgan fingerprint density at radius 2 is 1.84 bits per heavy atom. The summed E-state index contributed by atoms with van der Waals surface area (Å²) in [6, 6.07) is 14.3. The molecule has 0 spiro atoms. The Morgan fingerprint density at radius 1 is 1.10 bits per heavy atom. The molecule has 2 aromatic carbocycles. The number of carbonyl (C=O) groups is 2. The number of amides is 1. The van der Waals surface area contributed by atoms with E-state index in [1.807, 2.05) is 18.2 Å². The van der Waals surface area contributed by atoms with E-state index >= 15 is 0 Å². The van der Waals surface area contributed by atoms with Gasteiger partial charge in [0.1, 0.15) is 11.5 Å². The summed E-state index contributed by atoms with van der Waals surface area (Å²) in [6.07, 6.45) is 0. The molecule has 0 bridgehead atoms. The van der Waals surface area contributed by atoms with Gasteiger partial charge in [-0.05, 0) is 37.3 Å². The third-order valence-electron chi connectivity index (χ3n) is 5.37. The monoisotopic (exact) mass is 424 g/mol. The molecule has 162 valence electrons. The number of H-pyrrole nitrogens is 1. The first kappa shape index (κ1) is 20.9. The number of rotatable bonds is 6. The number of fused-ring (bicyclic) bond motifs is 1. The fourth-order valence-electron chi connectivity index (χ4n) is 3.84. The summed E-state index contributed by atoms with van der Waals surface area (Å²) in [5.74, 6) is -1.30. The van der Waals surface area contributed by atoms with Crippen LogP contribution in [0, 0.1) is 5.82 Å². The number of hydrogen-bond donors (Lipinski definition) is 2. The number of anilines is 2. The summed E-state index contributed by atoms with van der Waals surface area (Å²) < 4.78 is 18.9. The van der Waals surface area contributed by atoms with Crippen LogP contribution in [-0.4, -0.2) is 61.1 Å². The molecule has 0 atom stereocenters. The van der Waals surface area contributed by atoms with Gasteiger partial charge in [0.05, 0.1) is 18.8 Å². The fourth-order valence-corrected chi connectivity index (χ4v) is 3.84. The Labute approximate surface area is 179 Å². The number of piperazine rings is 1. The van der Waals surface area contributed by atoms with Gasteiger partial charge in [0.25, 0.3) is 0 Å². The van der Waals surface area contributed by atoms with Crippen LogP contribution in [0.25, 0.3) is 10.9 Å². The molecule has 1 aliphatic heterocycles. The van der Waals surface area contributed by atoms with E-state index < -0.39 is 11.8 Å². The van der Waals surface area contributed by atoms with Crippen LogP contribution in [0.4, 0.5) is 15.8 Å². The Hall–Kier alpha value is -3.39. The summed E-state index contributed by atoms with van der Waals surface area (Å²) in [5, 5.41) is 3.23. The van der Waals surface area contributed by atoms with Gasteiger partial charge in [-0.15, -0.1) is 0 Å². The lowest BCUT2D eigenvalue weighted by Gasteiger charge is -2.35. The first-order valence-corrected chi connectivity index (χ1v) is 10.4. The number of ether oxygens (including phenoxy) is 1. The van der Waals surface area contributed by atoms with Crippen molar-refractivity contribution in [2.75, 3.05) is 49.5 Å². The molecule has 31 heavy (non-hydrogen) atoms. The predicted molar refractivity (Wildman–Crippen MR) is 118 cm³/mol. The molecule has 0 saturated carbocycles. The Bertz CT molecular complexity index is 1080. The Kier molecular flexibility index (Phi) is 6.18. The highest BCUT2D eigenvalue weighted by molar-refractivity contribution is 6.11. The quantitative estimate of drug-likeness (QED) is 0.594. The van der Waals surface area contributed by atoms with Gasteiger partial charge >= 0.3 is 5.97 Å². The summed E-state index contributed by atoms with van der Waals surface area (Å²) in [6.45, 7) is 5.22. The lowest BCUT2D eigenvalue weighted by atomic mass is 10.2. The van der Waals surface area contributed by atoms with Gasteiger partial charge in [0, 0.05) is 42.8 Å². The van der Waals surface area contributed by atoms with Crippen molar-refractivity contribution in [1.82, 2.24) is 9.88 Å². The standard InChI is InChI=1S/C23H25FN4O3/c1-2-31-23(30)22-21(18-14-16(24)8-9-19(18)25-22)26-20(29)15-27-10-12-28(13-11-27)17-6-4-3-5-7-17/h3-9,14,25H,2,10-13,15H2,1H3,(H,26,29). The Balaban J connectivity index is 1.44. The maximum Gasteiger partial charge on any atom is 0.356 e. The van der Waals surface area contributed by atoms with Gasteiger partial charge in [-0.3, -0.25) is 9.69 Å². The molecule has 4 rings (SSSR count). The molecule has 1 aromatic heterocycles. The number of aromatic nitrogens is 1. The van der Waals surface area contributed by atoms with Crippen LogP contribution >= 0.6 is 0 Å². The molecule has 0 radical (unpaired) electrons. The average molecular weight is 424 g/mol. The van der Waals surface area contributed by atoms with Crippen LogP contribution in [0.1, 0.15) is 17.4 Å². The van der Waals surface area contributed by atoms with Crippen molar-refractivity contribution in [1.29, 1.82) is 0 Å². The van der Waals surface area contributed by atoms with E-state index in [1.165, 1.54) is 23.9 Å². The normalized spacial score (nSPS) is 14.6. The zero-order valence-corrected chi connectivity index (χ0v) is 17.4. The van der Waals surface area contributed by atoms with Crippen molar-refractivity contribution in [3.63, 3.8) is 0 Å². The number of aromatic amines is 1. The summed E-state index contributed by atoms with van der Waals surface area (Å²) in [7, 11) is 0. The topological polar surface area (TPSA) is 77.7 Å². The van der Waals surface area contributed by atoms with E-state index in [0.29, 0.717) is 10.9 Å². The van der Waals surface area contributed by atoms with E-state index in [4.69, 9.17) is 4.74 Å². The van der Waals surface area contributed by atoms with Gasteiger partial charge in [0.2, 0.25) is 5.91 Å². The molecule has 0 aliphatic carbocycles. The largest absolute Gasteiger partial charge is 0.461 e. The SMILES string of the molecule is CCOC(=O)c1[nH]c2ccc(F)cc2c1NC(=O)CN1CCN(c2ccccc2)CC1. The van der Waals surface area contributed by atoms with E-state index in [-0.39, 0.29) is 30.4 Å². The lowest BCUT2D eigenvalue weighted by Crippen LogP contribution is -2.48. The van der Waals surface area contributed by atoms with Crippen LogP contribution in [0.2, 0.25) is 0 Å². The molecule has 1 fully saturated rings. The molecule has 1 saturated heterocycles. The second-order valence-electron chi connectivity index (χ2n) is 7.43. The van der Waals surface area contributed by atoms with Crippen LogP contribution in [0.3, 0.4) is 0 Å². The lowest BCUT2D eigenvalue weighted by molar-refractivity contribution is -0.117. The molecular formula is C23H25FN4O3. The molecule has 0 unspecified atom stereocenters. The second-order valence-corrected chi connectivity index (χ2v) is 7.43. The van der Waals surface area contributed by atoms with E-state index in [1.54, 1.807) is 6.92 Å². The van der Waals surface area contributed by atoms with Crippen molar-refractivity contribution in [3.8, 4) is 0 Å². The van der Waals surface area contributed by atoms with Gasteiger partial charge in [-0.25, -0.2) is 9.18 Å². The van der Waals surface area contributed by atoms with E-state index in [2.05, 4.69) is 32.2 Å². The smallest absolute Gasteiger partial charge is 0.356 e. The van der Waals surface area contributed by atoms with Crippen LogP contribution in [0.5, 0.6) is 0 Å². The maximum absolute atomic E-state index is 13.8. The minimum atomic E-state index is -0.592. The highest BCUT2D eigenvalue weighted by Crippen LogP contribution is 2.29. The summed E-state index contributed by atoms with van der Waals surface area (Å²) in [4.78, 5) is 32.4. The van der Waals surface area contributed by atoms with E-state index in [9.17, 15) is 14.0 Å². The second kappa shape index (κ2) is 9.18. The summed E-state index contributed by atoms with van der Waals surface area (Å²) in [5.41, 5.74) is 2.09. The van der Waals surface area contributed by atoms with Crippen molar-refractivity contribution >= 4 is 34.2 Å². The fraction of sp³-hybridized carbons (Fsp3) is 0.304. The van der Waals surface area contributed by atoms with Gasteiger partial charge in [-0.2, -0.15) is 0 Å². The molecule has 1 amide bonds. The number of carbonyl (C=O) groups excluding carboxylic acids is 2. The zero-order chi connectivity index (χ0) is 21.8. The van der Waals surface area contributed by atoms with Gasteiger partial charge in [0.15, 0.2) is 0 Å². The number of hydrogen-bond acceptors (Lipinski definition) is 5. The third-order valence-corrected chi connectivity index (χ3v) is 5.37. The van der Waals surface area contributed by atoms with Crippen LogP contribution in [0.15, 0.2) is 48.5 Å². The number of nitrogens with one attached hydrogen (secondary N) is 2. The van der Waals surface area contributed by atoms with Crippen molar-refractivity contribution in [2.45, 2.75) is 6.92 Å². The molecule has 3 aromatic rings. The number of nitrogens with zero attached hydrogens (tertiary/aromatic N) is 2. The molecular weight excluding hydrogens is 399 g/mol. The number of halogens is 1. The van der Waals surface area contributed by atoms with Crippen molar-refractivity contribution < 1.29 is 18.7 Å².